The molecule has 103 heavy (non-hydrogen) atoms. The van der Waals surface area contributed by atoms with Crippen LogP contribution < -0.4 is 74.4 Å². The fourth-order valence-corrected chi connectivity index (χ4v) is 12.5. The summed E-state index contributed by atoms with van der Waals surface area (Å²) >= 11 is 3.95. The van der Waals surface area contributed by atoms with Crippen LogP contribution in [0.5, 0.6) is 0 Å². The van der Waals surface area contributed by atoms with E-state index in [-0.39, 0.29) is 107 Å². The van der Waals surface area contributed by atoms with E-state index in [1.165, 1.54) is 6.92 Å². The molecule has 2 aromatic rings. The van der Waals surface area contributed by atoms with Gasteiger partial charge in [0, 0.05) is 63.0 Å². The number of aromatic amines is 1. The maximum Gasteiger partial charge on any atom is 0.312 e. The van der Waals surface area contributed by atoms with Crippen molar-refractivity contribution in [3.05, 3.63) is 29.8 Å². The van der Waals surface area contributed by atoms with Gasteiger partial charge < -0.3 is 104 Å². The van der Waals surface area contributed by atoms with Crippen molar-refractivity contribution in [3.63, 3.8) is 0 Å². The van der Waals surface area contributed by atoms with Crippen LogP contribution in [-0.2, 0) is 103 Å². The van der Waals surface area contributed by atoms with E-state index in [2.05, 4.69) is 92.0 Å². The molecule has 2 bridgehead atoms. The van der Waals surface area contributed by atoms with Crippen LogP contribution in [0.15, 0.2) is 29.3 Å². The second-order valence-corrected chi connectivity index (χ2v) is 26.7. The lowest BCUT2D eigenvalue weighted by molar-refractivity contribution is -0.144. The van der Waals surface area contributed by atoms with Gasteiger partial charge in [-0.1, -0.05) is 58.7 Å². The number of aliphatic carboxylic acids is 1. The molecule has 15 amide bonds. The average molecular weight is 1490 g/mol. The minimum Gasteiger partial charge on any atom is -0.481 e. The molecule has 3 unspecified atom stereocenters. The number of fused-ring (bicyclic) bond motifs is 5. The number of unbranched alkanes of at least 4 members (excludes halogenated alkanes) is 1. The topological polar surface area (TPSA) is 537 Å². The molecule has 1 saturated heterocycles. The normalized spacial score (nSPS) is 22.0. The molecule has 17 N–H and O–H groups in total. The lowest BCUT2D eigenvalue weighted by Gasteiger charge is -2.32. The number of para-hydroxylation sites is 1. The van der Waals surface area contributed by atoms with E-state index < -0.39 is 217 Å². The van der Waals surface area contributed by atoms with Crippen LogP contribution >= 0.6 is 12.6 Å². The highest BCUT2D eigenvalue weighted by Crippen LogP contribution is 2.28. The Balaban J connectivity index is 1.37. The number of carbonyl (C=O) groups is 16. The van der Waals surface area contributed by atoms with Crippen LogP contribution in [0.1, 0.15) is 98.0 Å². The Kier molecular flexibility index (Phi) is 35.1. The van der Waals surface area contributed by atoms with Gasteiger partial charge >= 0.3 is 5.97 Å². The first-order valence-corrected chi connectivity index (χ1v) is 35.9. The van der Waals surface area contributed by atoms with Crippen LogP contribution in [-0.4, -0.2) is 264 Å². The predicted octanol–water partition coefficient (Wildman–Crippen LogP) is -6.49. The number of aliphatic hydroxyl groups excluding tert-OH is 1. The van der Waals surface area contributed by atoms with Crippen molar-refractivity contribution in [2.75, 3.05) is 90.3 Å². The van der Waals surface area contributed by atoms with Gasteiger partial charge in [0.25, 0.3) is 0 Å². The van der Waals surface area contributed by atoms with Crippen molar-refractivity contribution >= 4 is 129 Å². The summed E-state index contributed by atoms with van der Waals surface area (Å²) in [4.78, 5) is 220. The van der Waals surface area contributed by atoms with E-state index in [0.29, 0.717) is 23.7 Å². The SMILES string of the molecule is CCC(C)[C@@H]1NC(=O)CNC(=O)[C@@H]2Cc3c([nH]c4ccccc34)S(=O)C[C@H](NC(=O)CNC1=O)C(=O)N[C@@H](CC(=O)N[C@@H](C)C(=O)N[C@@H](CCCCNC(=O)CS)C(=O)NCCCNC(=O)COCCNC(=O)COCCNC(=O)CC(=O)O)C(=O)N1C[C@H](O)C[C@H]1C(=O)N[C@@H](C(C)CC)C(=O)N2. The third-order valence-electron chi connectivity index (χ3n) is 17.0. The summed E-state index contributed by atoms with van der Waals surface area (Å²) < 4.78 is 25.5. The highest BCUT2D eigenvalue weighted by Gasteiger charge is 2.45. The van der Waals surface area contributed by atoms with Gasteiger partial charge in [0.2, 0.25) is 88.6 Å². The Hall–Kier alpha value is -9.34. The minimum atomic E-state index is -2.39. The van der Waals surface area contributed by atoms with E-state index in [4.69, 9.17) is 14.6 Å². The predicted molar refractivity (Wildman–Crippen MR) is 369 cm³/mol. The molecule has 1 fully saturated rings. The highest BCUT2D eigenvalue weighted by atomic mass is 32.2. The molecule has 0 radical (unpaired) electrons. The first-order chi connectivity index (χ1) is 49.0. The maximum absolute atomic E-state index is 15.1. The molecule has 3 aliphatic rings. The average Bonchev–Trinajstić information content (AvgIpc) is 1.65. The number of rotatable bonds is 32. The summed E-state index contributed by atoms with van der Waals surface area (Å²) in [6.07, 6.45) is -2.49. The summed E-state index contributed by atoms with van der Waals surface area (Å²) in [6, 6.07) is -5.98. The Bertz CT molecular complexity index is 3410. The molecule has 12 atom stereocenters. The molecule has 1 aromatic carbocycles. The first-order valence-electron chi connectivity index (χ1n) is 34.0. The number of carbonyl (C=O) groups excluding carboxylic acids is 15. The molecule has 0 aliphatic carbocycles. The fourth-order valence-electron chi connectivity index (χ4n) is 11.0. The molecule has 4 heterocycles. The lowest BCUT2D eigenvalue weighted by Crippen LogP contribution is -2.61. The fraction of sp³-hybridized carbons (Fsp3) is 0.625. The smallest absolute Gasteiger partial charge is 0.312 e. The van der Waals surface area contributed by atoms with Gasteiger partial charge in [-0.2, -0.15) is 12.6 Å². The van der Waals surface area contributed by atoms with Gasteiger partial charge in [-0.15, -0.1) is 0 Å². The molecule has 570 valence electrons. The number of hydrogen-bond donors (Lipinski definition) is 18. The number of nitrogens with one attached hydrogen (secondary N) is 15. The van der Waals surface area contributed by atoms with Crippen LogP contribution in [0, 0.1) is 11.8 Å². The standard InChI is InChI=1S/C64H96N16O21S2/c1-6-34(3)54-61(96)71-27-48(84)73-44-33-103(99)63-39(38-13-8-9-14-40(38)77-63)24-42(58(93)70-28-49(85)78-54)75-62(97)55(35(4)7-2)79-60(95)45-23-37(81)29-80(45)64(98)43(76-59(44)94)25-47(83)72-36(5)56(91)74-41(15-10-11-16-66-52(88)32-102)57(92)69-18-12-17-65-50(86)30-101-22-20-68-51(87)31-100-21-19-67-46(82)26-53(89)90/h8-9,13-14,34-37,41-45,54-55,77,81,102H,6-7,10-12,15-33H2,1-5H3,(H,65,86)(H,66,88)(H,67,82)(H,68,87)(H,69,92)(H,70,93)(H,71,96)(H,72,83)(H,73,84)(H,74,91)(H,75,97)(H,76,94)(H,78,85)(H,79,95)(H,89,90)/t34?,35?,36-,37+,41-,42-,43-,44-,45-,54-,55-,103?/m0/s1. The van der Waals surface area contributed by atoms with Crippen molar-refractivity contribution in [3.8, 4) is 0 Å². The molecular formula is C64H96N16O21S2. The van der Waals surface area contributed by atoms with Gasteiger partial charge in [0.15, 0.2) is 0 Å². The van der Waals surface area contributed by atoms with Crippen LogP contribution in [0.4, 0.5) is 0 Å². The Morgan fingerprint density at radius 1 is 0.641 bits per heavy atom. The zero-order valence-electron chi connectivity index (χ0n) is 58.1. The Morgan fingerprint density at radius 3 is 1.88 bits per heavy atom. The molecule has 0 saturated carbocycles. The molecular weight excluding hydrogens is 1390 g/mol. The summed E-state index contributed by atoms with van der Waals surface area (Å²) in [5.41, 5.74) is 0.574. The molecule has 5 rings (SSSR count). The maximum atomic E-state index is 15.1. The number of aliphatic hydroxyl groups is 1. The number of benzene rings is 1. The summed E-state index contributed by atoms with van der Waals surface area (Å²) in [5.74, 6) is -16.0. The van der Waals surface area contributed by atoms with Crippen LogP contribution in [0.3, 0.4) is 0 Å². The summed E-state index contributed by atoms with van der Waals surface area (Å²) in [7, 11) is -2.39. The number of thiol groups is 1. The highest BCUT2D eigenvalue weighted by molar-refractivity contribution is 7.85. The van der Waals surface area contributed by atoms with E-state index in [0.717, 1.165) is 4.90 Å². The van der Waals surface area contributed by atoms with Crippen molar-refractivity contribution in [2.45, 2.75) is 158 Å². The lowest BCUT2D eigenvalue weighted by atomic mass is 9.96. The summed E-state index contributed by atoms with van der Waals surface area (Å²) in [6.45, 7) is 5.35. The number of H-pyrrole nitrogens is 1. The minimum absolute atomic E-state index is 0.00764. The third-order valence-corrected chi connectivity index (χ3v) is 18.7. The zero-order chi connectivity index (χ0) is 75.9. The molecule has 1 aromatic heterocycles. The number of hydrogen-bond acceptors (Lipinski definition) is 21. The number of aromatic nitrogens is 1. The molecule has 0 spiro atoms. The Labute approximate surface area is 601 Å². The van der Waals surface area contributed by atoms with Gasteiger partial charge in [-0.05, 0) is 56.1 Å². The zero-order valence-corrected chi connectivity index (χ0v) is 59.8. The number of carboxylic acid groups (broad SMARTS) is 1. The van der Waals surface area contributed by atoms with Crippen LogP contribution in [0.2, 0.25) is 0 Å². The number of amides is 15. The summed E-state index contributed by atoms with van der Waals surface area (Å²) in [5, 5.41) is 55.8. The molecule has 3 aliphatic heterocycles. The Morgan fingerprint density at radius 2 is 1.23 bits per heavy atom. The van der Waals surface area contributed by atoms with E-state index >= 15 is 13.8 Å². The van der Waals surface area contributed by atoms with Crippen LogP contribution in [0.25, 0.3) is 10.9 Å². The number of carboxylic acids is 1. The van der Waals surface area contributed by atoms with Crippen molar-refractivity contribution < 1.29 is 101 Å². The van der Waals surface area contributed by atoms with E-state index in [1.54, 1.807) is 52.0 Å². The van der Waals surface area contributed by atoms with Crippen molar-refractivity contribution in [1.29, 1.82) is 0 Å². The van der Waals surface area contributed by atoms with E-state index in [1.807, 2.05) is 0 Å². The monoisotopic (exact) mass is 1490 g/mol. The van der Waals surface area contributed by atoms with Gasteiger partial charge in [0.05, 0.1) is 61.1 Å². The van der Waals surface area contributed by atoms with Crippen molar-refractivity contribution in [1.82, 2.24) is 84.3 Å². The van der Waals surface area contributed by atoms with E-state index in [9.17, 15) is 72.2 Å². The second-order valence-electron chi connectivity index (χ2n) is 25.0. The number of nitrogens with zero attached hydrogens (tertiary/aromatic N) is 1. The van der Waals surface area contributed by atoms with Gasteiger partial charge in [-0.3, -0.25) is 80.9 Å². The number of ether oxygens (including phenoxy) is 2. The van der Waals surface area contributed by atoms with Crippen molar-refractivity contribution in [2.24, 2.45) is 11.8 Å². The quantitative estimate of drug-likeness (QED) is 0.0184. The first kappa shape index (κ1) is 84.3. The van der Waals surface area contributed by atoms with Gasteiger partial charge in [0.1, 0.15) is 73.0 Å². The molecule has 37 nitrogen and oxygen atoms in total. The molecule has 39 heteroatoms. The van der Waals surface area contributed by atoms with Gasteiger partial charge in [-0.25, -0.2) is 0 Å². The largest absolute Gasteiger partial charge is 0.481 e. The second kappa shape index (κ2) is 42.9. The third kappa shape index (κ3) is 27.8.